The molecule has 0 atom stereocenters. The highest BCUT2D eigenvalue weighted by Gasteiger charge is 1.97. The molecule has 12 nitrogen and oxygen atoms in total. The number of unbranched alkanes of at least 4 members (excludes halogenated alkanes) is 9. The summed E-state index contributed by atoms with van der Waals surface area (Å²) in [6.07, 6.45) is 18.5. The Labute approximate surface area is 298 Å². The van der Waals surface area contributed by atoms with Crippen LogP contribution in [0.15, 0.2) is 0 Å². The topological polar surface area (TPSA) is 111 Å². The van der Waals surface area contributed by atoms with Crippen LogP contribution in [0.2, 0.25) is 0 Å². The van der Waals surface area contributed by atoms with E-state index in [2.05, 4.69) is 12.8 Å². The van der Waals surface area contributed by atoms with E-state index in [9.17, 15) is 0 Å². The monoisotopic (exact) mass is 709 g/mol. The summed E-state index contributed by atoms with van der Waals surface area (Å²) in [5.41, 5.74) is 0. The molecule has 0 heterocycles. The number of ether oxygens (including phenoxy) is 12. The van der Waals surface area contributed by atoms with E-state index in [4.69, 9.17) is 63.3 Å². The van der Waals surface area contributed by atoms with Crippen LogP contribution in [-0.2, 0) is 56.8 Å². The van der Waals surface area contributed by atoms with Crippen molar-refractivity contribution < 1.29 is 56.8 Å². The molecule has 0 bridgehead atoms. The molecular weight excluding hydrogens is 636 g/mol. The van der Waals surface area contributed by atoms with Crippen LogP contribution < -0.4 is 0 Å². The van der Waals surface area contributed by atoms with Crippen LogP contribution in [0.5, 0.6) is 0 Å². The van der Waals surface area contributed by atoms with E-state index < -0.39 is 0 Å². The lowest BCUT2D eigenvalue weighted by Crippen LogP contribution is -2.15. The summed E-state index contributed by atoms with van der Waals surface area (Å²) in [6.45, 7) is 15.1. The summed E-state index contributed by atoms with van der Waals surface area (Å²) in [6, 6.07) is 0. The van der Waals surface area contributed by atoms with E-state index in [1.807, 2.05) is 0 Å². The molecule has 292 valence electrons. The van der Waals surface area contributed by atoms with Crippen LogP contribution in [0.1, 0.15) is 71.1 Å². The second-order valence-corrected chi connectivity index (χ2v) is 11.2. The Morgan fingerprint density at radius 3 is 0.714 bits per heavy atom. The molecule has 0 spiro atoms. The van der Waals surface area contributed by atoms with Crippen molar-refractivity contribution in [3.05, 3.63) is 0 Å². The van der Waals surface area contributed by atoms with E-state index in [0.29, 0.717) is 152 Å². The van der Waals surface area contributed by atoms with E-state index >= 15 is 0 Å². The molecule has 0 aliphatic rings. The van der Waals surface area contributed by atoms with Crippen molar-refractivity contribution in [3.8, 4) is 12.3 Å². The van der Waals surface area contributed by atoms with Crippen molar-refractivity contribution in [2.75, 3.05) is 159 Å². The van der Waals surface area contributed by atoms with Crippen molar-refractivity contribution in [1.82, 2.24) is 0 Å². The van der Waals surface area contributed by atoms with Gasteiger partial charge in [-0.1, -0.05) is 70.6 Å². The average molecular weight is 709 g/mol. The van der Waals surface area contributed by atoms with Gasteiger partial charge in [0, 0.05) is 6.61 Å². The summed E-state index contributed by atoms with van der Waals surface area (Å²) < 4.78 is 65.5. The fourth-order valence-corrected chi connectivity index (χ4v) is 4.24. The maximum atomic E-state index is 5.65. The first kappa shape index (κ1) is 48.1. The van der Waals surface area contributed by atoms with Gasteiger partial charge in [-0.15, -0.1) is 6.42 Å². The van der Waals surface area contributed by atoms with Crippen LogP contribution in [0, 0.1) is 12.3 Å². The van der Waals surface area contributed by atoms with Gasteiger partial charge in [0.25, 0.3) is 0 Å². The summed E-state index contributed by atoms with van der Waals surface area (Å²) in [5.74, 6) is 2.40. The average Bonchev–Trinajstić information content (AvgIpc) is 3.11. The SMILES string of the molecule is C#CCOCCOCCOCCOCCOCCOCCOCCOCCOCCOCCOCCOCCCCCCCCCCCC. The lowest BCUT2D eigenvalue weighted by molar-refractivity contribution is -0.0281. The molecular formula is C37H72O12. The van der Waals surface area contributed by atoms with Gasteiger partial charge in [0.05, 0.1) is 145 Å². The molecule has 49 heavy (non-hydrogen) atoms. The highest BCUT2D eigenvalue weighted by molar-refractivity contribution is 4.82. The van der Waals surface area contributed by atoms with Crippen LogP contribution in [0.3, 0.4) is 0 Å². The minimum atomic E-state index is 0.309. The van der Waals surface area contributed by atoms with Gasteiger partial charge in [0.15, 0.2) is 0 Å². The largest absolute Gasteiger partial charge is 0.379 e. The van der Waals surface area contributed by atoms with E-state index in [1.54, 1.807) is 0 Å². The van der Waals surface area contributed by atoms with E-state index in [1.165, 1.54) is 57.8 Å². The zero-order valence-corrected chi connectivity index (χ0v) is 31.0. The highest BCUT2D eigenvalue weighted by atomic mass is 16.6. The number of hydrogen-bond acceptors (Lipinski definition) is 12. The van der Waals surface area contributed by atoms with Crippen LogP contribution in [-0.4, -0.2) is 159 Å². The Bertz CT molecular complexity index is 623. The van der Waals surface area contributed by atoms with Gasteiger partial charge in [-0.2, -0.15) is 0 Å². The molecule has 0 N–H and O–H groups in total. The first-order valence-electron chi connectivity index (χ1n) is 18.8. The van der Waals surface area contributed by atoms with Crippen molar-refractivity contribution >= 4 is 0 Å². The van der Waals surface area contributed by atoms with Crippen molar-refractivity contribution in [1.29, 1.82) is 0 Å². The molecule has 0 rings (SSSR count). The Morgan fingerprint density at radius 1 is 0.265 bits per heavy atom. The second kappa shape index (κ2) is 47.1. The molecule has 0 aliphatic heterocycles. The first-order valence-corrected chi connectivity index (χ1v) is 18.8. The summed E-state index contributed by atoms with van der Waals surface area (Å²) >= 11 is 0. The maximum absolute atomic E-state index is 5.65. The first-order chi connectivity index (χ1) is 24.4. The molecule has 0 aromatic rings. The molecule has 0 saturated carbocycles. The third-order valence-electron chi connectivity index (χ3n) is 6.92. The van der Waals surface area contributed by atoms with Crippen molar-refractivity contribution in [3.63, 3.8) is 0 Å². The van der Waals surface area contributed by atoms with Crippen LogP contribution >= 0.6 is 0 Å². The smallest absolute Gasteiger partial charge is 0.107 e. The Morgan fingerprint density at radius 2 is 0.469 bits per heavy atom. The van der Waals surface area contributed by atoms with Gasteiger partial charge < -0.3 is 56.8 Å². The zero-order valence-electron chi connectivity index (χ0n) is 31.0. The summed E-state index contributed by atoms with van der Waals surface area (Å²) in [5, 5.41) is 0. The number of hydrogen-bond donors (Lipinski definition) is 0. The lowest BCUT2D eigenvalue weighted by Gasteiger charge is -2.09. The highest BCUT2D eigenvalue weighted by Crippen LogP contribution is 2.10. The quantitative estimate of drug-likeness (QED) is 0.0644. The minimum absolute atomic E-state index is 0.309. The van der Waals surface area contributed by atoms with Gasteiger partial charge in [-0.3, -0.25) is 0 Å². The molecule has 0 aromatic carbocycles. The fraction of sp³-hybridized carbons (Fsp3) is 0.946. The molecule has 0 unspecified atom stereocenters. The molecule has 0 aliphatic carbocycles. The summed E-state index contributed by atoms with van der Waals surface area (Å²) in [7, 11) is 0. The molecule has 0 saturated heterocycles. The molecule has 0 radical (unpaired) electrons. The Kier molecular flexibility index (Phi) is 46.2. The number of terminal acetylenes is 1. The zero-order chi connectivity index (χ0) is 35.2. The van der Waals surface area contributed by atoms with Gasteiger partial charge in [0.2, 0.25) is 0 Å². The van der Waals surface area contributed by atoms with Crippen molar-refractivity contribution in [2.45, 2.75) is 71.1 Å². The lowest BCUT2D eigenvalue weighted by atomic mass is 10.1. The van der Waals surface area contributed by atoms with E-state index in [-0.39, 0.29) is 0 Å². The predicted molar refractivity (Wildman–Crippen MR) is 191 cm³/mol. The molecule has 0 fully saturated rings. The van der Waals surface area contributed by atoms with Gasteiger partial charge >= 0.3 is 0 Å². The molecule has 0 aromatic heterocycles. The van der Waals surface area contributed by atoms with Crippen LogP contribution in [0.25, 0.3) is 0 Å². The Balaban J connectivity index is 3.04. The fourth-order valence-electron chi connectivity index (χ4n) is 4.24. The Hall–Kier alpha value is -0.920. The third kappa shape index (κ3) is 47.1. The standard InChI is InChI=1S/C37H72O12/c1-3-5-6-7-8-9-10-11-12-13-15-39-17-19-41-21-23-43-25-27-45-29-31-47-33-35-49-37-36-48-34-32-46-30-28-44-26-24-42-22-20-40-18-16-38-14-4-2/h2H,3,5-37H2,1H3. The van der Waals surface area contributed by atoms with Crippen LogP contribution in [0.4, 0.5) is 0 Å². The summed E-state index contributed by atoms with van der Waals surface area (Å²) in [4.78, 5) is 0. The second-order valence-electron chi connectivity index (χ2n) is 11.2. The van der Waals surface area contributed by atoms with E-state index in [0.717, 1.165) is 13.0 Å². The normalized spacial score (nSPS) is 11.4. The molecule has 0 amide bonds. The van der Waals surface area contributed by atoms with Gasteiger partial charge in [0.1, 0.15) is 6.61 Å². The van der Waals surface area contributed by atoms with Crippen molar-refractivity contribution in [2.24, 2.45) is 0 Å². The van der Waals surface area contributed by atoms with Gasteiger partial charge in [-0.25, -0.2) is 0 Å². The molecule has 12 heteroatoms. The third-order valence-corrected chi connectivity index (χ3v) is 6.92. The predicted octanol–water partition coefficient (Wildman–Crippen LogP) is 4.74. The number of rotatable bonds is 45. The van der Waals surface area contributed by atoms with Gasteiger partial charge in [-0.05, 0) is 6.42 Å². The minimum Gasteiger partial charge on any atom is -0.379 e. The maximum Gasteiger partial charge on any atom is 0.107 e.